The van der Waals surface area contributed by atoms with Crippen molar-refractivity contribution in [2.75, 3.05) is 14.1 Å². The normalized spacial score (nSPS) is 5.67. The molecule has 3 heteroatoms. The molecule has 0 atom stereocenters. The topological polar surface area (TPSA) is 20.3 Å². The predicted octanol–water partition coefficient (Wildman–Crippen LogP) is -0.296. The number of rotatable bonds is 1. The SMILES string of the molecule is CN(C)C=O.[Er]. The van der Waals surface area contributed by atoms with Crippen LogP contribution in [0.3, 0.4) is 0 Å². The van der Waals surface area contributed by atoms with Crippen LogP contribution < -0.4 is 0 Å². The first-order chi connectivity index (χ1) is 2.27. The van der Waals surface area contributed by atoms with E-state index in [1.165, 1.54) is 4.90 Å². The minimum absolute atomic E-state index is 0. The first kappa shape index (κ1) is 9.87. The van der Waals surface area contributed by atoms with Gasteiger partial charge in [-0.05, 0) is 0 Å². The van der Waals surface area contributed by atoms with E-state index in [1.54, 1.807) is 14.1 Å². The molecule has 0 aliphatic rings. The molecule has 0 saturated heterocycles. The molecule has 0 aliphatic heterocycles. The molecule has 0 saturated carbocycles. The van der Waals surface area contributed by atoms with E-state index < -0.39 is 0 Å². The third-order valence-corrected chi connectivity index (χ3v) is 0.211. The van der Waals surface area contributed by atoms with Gasteiger partial charge in [-0.25, -0.2) is 0 Å². The van der Waals surface area contributed by atoms with Crippen LogP contribution in [0.15, 0.2) is 0 Å². The zero-order valence-electron chi connectivity index (χ0n) is 3.72. The summed E-state index contributed by atoms with van der Waals surface area (Å²) < 4.78 is 0. The molecule has 0 rings (SSSR count). The summed E-state index contributed by atoms with van der Waals surface area (Å²) in [5, 5.41) is 0. The van der Waals surface area contributed by atoms with Crippen molar-refractivity contribution < 1.29 is 42.1 Å². The standard InChI is InChI=1S/C3H7NO.Er/c1-4(2)3-5;/h3H,1-2H3;. The quantitative estimate of drug-likeness (QED) is 0.577. The van der Waals surface area contributed by atoms with Gasteiger partial charge in [0.1, 0.15) is 0 Å². The number of hydrogen-bond acceptors (Lipinski definition) is 1. The minimum atomic E-state index is 0. The Morgan fingerprint density at radius 3 is 1.67 bits per heavy atom. The van der Waals surface area contributed by atoms with Gasteiger partial charge in [0.15, 0.2) is 0 Å². The van der Waals surface area contributed by atoms with Crippen molar-refractivity contribution in [1.82, 2.24) is 4.90 Å². The fourth-order valence-corrected chi connectivity index (χ4v) is 0. The van der Waals surface area contributed by atoms with Crippen LogP contribution in [0.2, 0.25) is 0 Å². The molecule has 0 aromatic heterocycles. The van der Waals surface area contributed by atoms with Crippen LogP contribution in [0.5, 0.6) is 0 Å². The van der Waals surface area contributed by atoms with Gasteiger partial charge in [0, 0.05) is 51.4 Å². The number of nitrogens with zero attached hydrogens (tertiary/aromatic N) is 1. The van der Waals surface area contributed by atoms with E-state index in [0.717, 1.165) is 6.41 Å². The molecule has 0 unspecified atom stereocenters. The first-order valence-corrected chi connectivity index (χ1v) is 1.39. The monoisotopic (exact) mass is 239 g/mol. The number of amides is 1. The Bertz CT molecular complexity index is 37.8. The second kappa shape index (κ2) is 5.72. The van der Waals surface area contributed by atoms with E-state index in [4.69, 9.17) is 0 Å². The molecule has 0 heterocycles. The zero-order chi connectivity index (χ0) is 4.28. The average molecular weight is 240 g/mol. The molecular weight excluding hydrogens is 233 g/mol. The van der Waals surface area contributed by atoms with Gasteiger partial charge >= 0.3 is 0 Å². The number of carbonyl (C=O) groups excluding carboxylic acids is 1. The van der Waals surface area contributed by atoms with Gasteiger partial charge in [-0.1, -0.05) is 0 Å². The van der Waals surface area contributed by atoms with Crippen molar-refractivity contribution in [2.45, 2.75) is 0 Å². The molecule has 42 valence electrons. The fourth-order valence-electron chi connectivity index (χ4n) is 0. The predicted molar refractivity (Wildman–Crippen MR) is 19.8 cm³/mol. The second-order valence-corrected chi connectivity index (χ2v) is 1.07. The van der Waals surface area contributed by atoms with Gasteiger partial charge in [-0.3, -0.25) is 4.79 Å². The molecule has 0 aromatic carbocycles. The largest absolute Gasteiger partial charge is 0.351 e. The van der Waals surface area contributed by atoms with E-state index in [-0.39, 0.29) is 37.3 Å². The molecule has 2 nitrogen and oxygen atoms in total. The van der Waals surface area contributed by atoms with Crippen LogP contribution in [-0.2, 0) is 4.79 Å². The molecule has 0 spiro atoms. The second-order valence-electron chi connectivity index (χ2n) is 1.07. The fraction of sp³-hybridized carbons (Fsp3) is 0.667. The van der Waals surface area contributed by atoms with E-state index in [1.807, 2.05) is 0 Å². The molecule has 1 amide bonds. The van der Waals surface area contributed by atoms with E-state index in [2.05, 4.69) is 0 Å². The molecule has 0 aromatic rings. The molecular formula is C3H7ErNO. The third kappa shape index (κ3) is 8.83. The van der Waals surface area contributed by atoms with Crippen molar-refractivity contribution in [1.29, 1.82) is 0 Å². The summed E-state index contributed by atoms with van der Waals surface area (Å²) in [4.78, 5) is 10.9. The Labute approximate surface area is 67.1 Å². The molecule has 0 bridgehead atoms. The van der Waals surface area contributed by atoms with Crippen LogP contribution in [0.4, 0.5) is 0 Å². The zero-order valence-corrected chi connectivity index (χ0v) is 5.57. The van der Waals surface area contributed by atoms with E-state index in [0.29, 0.717) is 0 Å². The number of carbonyl (C=O) groups is 1. The average Bonchev–Trinajstić information content (AvgIpc) is 1.38. The van der Waals surface area contributed by atoms with Crippen molar-refractivity contribution in [3.8, 4) is 0 Å². The van der Waals surface area contributed by atoms with Gasteiger partial charge in [0.05, 0.1) is 0 Å². The Balaban J connectivity index is 0. The Hall–Kier alpha value is 0.717. The van der Waals surface area contributed by atoms with Crippen LogP contribution in [0.25, 0.3) is 0 Å². The Kier molecular flexibility index (Phi) is 9.40. The van der Waals surface area contributed by atoms with Crippen LogP contribution in [-0.4, -0.2) is 25.4 Å². The maximum atomic E-state index is 9.43. The van der Waals surface area contributed by atoms with Crippen molar-refractivity contribution >= 4 is 6.41 Å². The summed E-state index contributed by atoms with van der Waals surface area (Å²) in [5.74, 6) is 0. The maximum absolute atomic E-state index is 9.43. The van der Waals surface area contributed by atoms with E-state index >= 15 is 0 Å². The van der Waals surface area contributed by atoms with Crippen LogP contribution in [0, 0.1) is 37.3 Å². The summed E-state index contributed by atoms with van der Waals surface area (Å²) in [6.07, 6.45) is 0.750. The summed E-state index contributed by atoms with van der Waals surface area (Å²) in [7, 11) is 3.38. The Morgan fingerprint density at radius 2 is 1.67 bits per heavy atom. The third-order valence-electron chi connectivity index (χ3n) is 0.211. The summed E-state index contributed by atoms with van der Waals surface area (Å²) >= 11 is 0. The number of hydrogen-bond donors (Lipinski definition) is 0. The van der Waals surface area contributed by atoms with Gasteiger partial charge in [-0.2, -0.15) is 0 Å². The molecule has 0 aliphatic carbocycles. The van der Waals surface area contributed by atoms with Crippen molar-refractivity contribution in [3.63, 3.8) is 0 Å². The smallest absolute Gasteiger partial charge is 0.209 e. The van der Waals surface area contributed by atoms with Crippen LogP contribution in [0.1, 0.15) is 0 Å². The van der Waals surface area contributed by atoms with Crippen LogP contribution >= 0.6 is 0 Å². The summed E-state index contributed by atoms with van der Waals surface area (Å²) in [5.41, 5.74) is 0. The van der Waals surface area contributed by atoms with Gasteiger partial charge < -0.3 is 4.90 Å². The van der Waals surface area contributed by atoms with Gasteiger partial charge in [0.25, 0.3) is 0 Å². The van der Waals surface area contributed by atoms with E-state index in [9.17, 15) is 4.79 Å². The summed E-state index contributed by atoms with van der Waals surface area (Å²) in [6.45, 7) is 0. The molecule has 0 radical (unpaired) electrons. The van der Waals surface area contributed by atoms with Gasteiger partial charge in [-0.15, -0.1) is 0 Å². The maximum Gasteiger partial charge on any atom is 0.209 e. The first-order valence-electron chi connectivity index (χ1n) is 1.39. The Morgan fingerprint density at radius 1 is 1.50 bits per heavy atom. The molecule has 0 N–H and O–H groups in total. The van der Waals surface area contributed by atoms with Crippen molar-refractivity contribution in [2.24, 2.45) is 0 Å². The summed E-state index contributed by atoms with van der Waals surface area (Å²) in [6, 6.07) is 0. The minimum Gasteiger partial charge on any atom is -0.351 e. The molecule has 0 fully saturated rings. The van der Waals surface area contributed by atoms with Gasteiger partial charge in [0.2, 0.25) is 6.41 Å². The molecule has 6 heavy (non-hydrogen) atoms. The van der Waals surface area contributed by atoms with Crippen molar-refractivity contribution in [3.05, 3.63) is 0 Å².